The van der Waals surface area contributed by atoms with E-state index in [4.69, 9.17) is 9.97 Å². The molecule has 1 saturated carbocycles. The molecule has 1 aliphatic carbocycles. The SMILES string of the molecule is CCC(=O)Nc1nc(NCCc2ccccc2)nc2c1nc(-n1cccn1)n2C1CC1. The van der Waals surface area contributed by atoms with Crippen LogP contribution in [0.4, 0.5) is 11.8 Å². The second kappa shape index (κ2) is 8.17. The lowest BCUT2D eigenvalue weighted by atomic mass is 10.1. The standard InChI is InChI=1S/C22H24N8O/c1-2-17(31)25-19-18-20(28-21(27-19)23-13-11-15-7-4-3-5-8-15)30(16-9-10-16)22(26-18)29-14-6-12-24-29/h3-8,12,14,16H,2,9-11,13H2,1H3,(H2,23,25,27,28,31). The molecule has 0 unspecified atom stereocenters. The topological polar surface area (TPSA) is 103 Å². The summed E-state index contributed by atoms with van der Waals surface area (Å²) in [6.07, 6.45) is 6.92. The van der Waals surface area contributed by atoms with E-state index in [1.807, 2.05) is 37.4 Å². The first kappa shape index (κ1) is 19.2. The van der Waals surface area contributed by atoms with Gasteiger partial charge < -0.3 is 10.6 Å². The van der Waals surface area contributed by atoms with Crippen molar-refractivity contribution in [3.63, 3.8) is 0 Å². The molecule has 1 fully saturated rings. The van der Waals surface area contributed by atoms with Gasteiger partial charge in [-0.1, -0.05) is 37.3 Å². The number of aromatic nitrogens is 6. The molecule has 158 valence electrons. The minimum Gasteiger partial charge on any atom is -0.354 e. The number of carbonyl (C=O) groups is 1. The van der Waals surface area contributed by atoms with Gasteiger partial charge in [-0.3, -0.25) is 9.36 Å². The van der Waals surface area contributed by atoms with Crippen LogP contribution >= 0.6 is 0 Å². The highest BCUT2D eigenvalue weighted by atomic mass is 16.1. The molecule has 1 aliphatic rings. The monoisotopic (exact) mass is 416 g/mol. The summed E-state index contributed by atoms with van der Waals surface area (Å²) >= 11 is 0. The lowest BCUT2D eigenvalue weighted by molar-refractivity contribution is -0.115. The average molecular weight is 416 g/mol. The predicted molar refractivity (Wildman–Crippen MR) is 118 cm³/mol. The number of nitrogens with one attached hydrogen (secondary N) is 2. The minimum absolute atomic E-state index is 0.114. The maximum Gasteiger partial charge on any atom is 0.233 e. The second-order valence-corrected chi connectivity index (χ2v) is 7.60. The third-order valence-corrected chi connectivity index (χ3v) is 5.26. The van der Waals surface area contributed by atoms with Gasteiger partial charge in [0, 0.05) is 31.4 Å². The number of imidazole rings is 1. The summed E-state index contributed by atoms with van der Waals surface area (Å²) in [7, 11) is 0. The molecular formula is C22H24N8O. The molecule has 9 heteroatoms. The Morgan fingerprint density at radius 2 is 1.97 bits per heavy atom. The van der Waals surface area contributed by atoms with Gasteiger partial charge in [0.1, 0.15) is 0 Å². The van der Waals surface area contributed by atoms with Crippen LogP contribution in [-0.4, -0.2) is 41.8 Å². The van der Waals surface area contributed by atoms with Crippen LogP contribution in [0.3, 0.4) is 0 Å². The fourth-order valence-corrected chi connectivity index (χ4v) is 3.53. The van der Waals surface area contributed by atoms with Gasteiger partial charge >= 0.3 is 0 Å². The molecule has 3 aromatic heterocycles. The molecule has 0 aliphatic heterocycles. The van der Waals surface area contributed by atoms with E-state index in [1.165, 1.54) is 5.56 Å². The van der Waals surface area contributed by atoms with E-state index in [9.17, 15) is 4.79 Å². The Labute approximate surface area is 179 Å². The summed E-state index contributed by atoms with van der Waals surface area (Å²) in [5.41, 5.74) is 2.52. The van der Waals surface area contributed by atoms with Crippen molar-refractivity contribution in [3.05, 3.63) is 54.4 Å². The Kier molecular flexibility index (Phi) is 5.07. The van der Waals surface area contributed by atoms with Crippen molar-refractivity contribution in [1.29, 1.82) is 0 Å². The maximum atomic E-state index is 12.2. The summed E-state index contributed by atoms with van der Waals surface area (Å²) < 4.78 is 3.84. The van der Waals surface area contributed by atoms with Gasteiger partial charge in [0.2, 0.25) is 17.8 Å². The Morgan fingerprint density at radius 3 is 2.68 bits per heavy atom. The van der Waals surface area contributed by atoms with Crippen LogP contribution < -0.4 is 10.6 Å². The normalized spacial score (nSPS) is 13.5. The number of amides is 1. The molecule has 0 radical (unpaired) electrons. The lowest BCUT2D eigenvalue weighted by Crippen LogP contribution is -2.14. The Balaban J connectivity index is 1.53. The zero-order valence-electron chi connectivity index (χ0n) is 17.3. The molecule has 0 atom stereocenters. The molecule has 5 rings (SSSR count). The minimum atomic E-state index is -0.114. The summed E-state index contributed by atoms with van der Waals surface area (Å²) in [5, 5.41) is 10.6. The first-order valence-corrected chi connectivity index (χ1v) is 10.6. The summed E-state index contributed by atoms with van der Waals surface area (Å²) in [6, 6.07) is 12.4. The first-order valence-electron chi connectivity index (χ1n) is 10.6. The van der Waals surface area contributed by atoms with E-state index < -0.39 is 0 Å². The number of hydrogen-bond acceptors (Lipinski definition) is 6. The van der Waals surface area contributed by atoms with Crippen LogP contribution in [0.5, 0.6) is 0 Å². The van der Waals surface area contributed by atoms with Crippen LogP contribution in [-0.2, 0) is 11.2 Å². The zero-order valence-corrected chi connectivity index (χ0v) is 17.3. The molecule has 1 aromatic carbocycles. The maximum absolute atomic E-state index is 12.2. The van der Waals surface area contributed by atoms with Gasteiger partial charge in [-0.2, -0.15) is 15.1 Å². The molecule has 4 aromatic rings. The van der Waals surface area contributed by atoms with E-state index in [0.29, 0.717) is 47.9 Å². The van der Waals surface area contributed by atoms with Gasteiger partial charge in [-0.05, 0) is 30.9 Å². The molecule has 0 bridgehead atoms. The first-order chi connectivity index (χ1) is 15.2. The van der Waals surface area contributed by atoms with Gasteiger partial charge in [0.15, 0.2) is 17.0 Å². The second-order valence-electron chi connectivity index (χ2n) is 7.60. The Morgan fingerprint density at radius 1 is 1.13 bits per heavy atom. The van der Waals surface area contributed by atoms with Crippen LogP contribution in [0.2, 0.25) is 0 Å². The third-order valence-electron chi connectivity index (χ3n) is 5.26. The van der Waals surface area contributed by atoms with Crippen molar-refractivity contribution in [3.8, 4) is 5.95 Å². The predicted octanol–water partition coefficient (Wildman–Crippen LogP) is 3.35. The number of benzene rings is 1. The summed E-state index contributed by atoms with van der Waals surface area (Å²) in [4.78, 5) is 26.3. The number of fused-ring (bicyclic) bond motifs is 1. The van der Waals surface area contributed by atoms with E-state index in [2.05, 4.69) is 37.4 Å². The van der Waals surface area contributed by atoms with E-state index in [1.54, 1.807) is 10.9 Å². The van der Waals surface area contributed by atoms with Crippen molar-refractivity contribution < 1.29 is 4.79 Å². The summed E-state index contributed by atoms with van der Waals surface area (Å²) in [6.45, 7) is 2.49. The van der Waals surface area contributed by atoms with Crippen molar-refractivity contribution >= 4 is 28.8 Å². The van der Waals surface area contributed by atoms with Crippen molar-refractivity contribution in [2.24, 2.45) is 0 Å². The molecule has 3 heterocycles. The smallest absolute Gasteiger partial charge is 0.233 e. The number of anilines is 2. The molecule has 9 nitrogen and oxygen atoms in total. The molecule has 31 heavy (non-hydrogen) atoms. The van der Waals surface area contributed by atoms with Gasteiger partial charge in [0.05, 0.1) is 0 Å². The van der Waals surface area contributed by atoms with Crippen LogP contribution in [0.1, 0.15) is 37.8 Å². The van der Waals surface area contributed by atoms with E-state index in [-0.39, 0.29) is 5.91 Å². The van der Waals surface area contributed by atoms with Gasteiger partial charge in [0.25, 0.3) is 0 Å². The lowest BCUT2D eigenvalue weighted by Gasteiger charge is -2.10. The molecule has 2 N–H and O–H groups in total. The number of rotatable bonds is 8. The van der Waals surface area contributed by atoms with E-state index >= 15 is 0 Å². The third kappa shape index (κ3) is 3.98. The highest BCUT2D eigenvalue weighted by Crippen LogP contribution is 2.40. The van der Waals surface area contributed by atoms with E-state index in [0.717, 1.165) is 19.3 Å². The number of carbonyl (C=O) groups excluding carboxylic acids is 1. The van der Waals surface area contributed by atoms with Crippen molar-refractivity contribution in [2.75, 3.05) is 17.2 Å². The van der Waals surface area contributed by atoms with Crippen LogP contribution in [0.25, 0.3) is 17.1 Å². The van der Waals surface area contributed by atoms with Crippen LogP contribution in [0, 0.1) is 0 Å². The van der Waals surface area contributed by atoms with Crippen LogP contribution in [0.15, 0.2) is 48.8 Å². The Hall–Kier alpha value is -3.75. The summed E-state index contributed by atoms with van der Waals surface area (Å²) in [5.74, 6) is 1.47. The van der Waals surface area contributed by atoms with Crippen molar-refractivity contribution in [2.45, 2.75) is 38.6 Å². The van der Waals surface area contributed by atoms with Crippen molar-refractivity contribution in [1.82, 2.24) is 29.3 Å². The quantitative estimate of drug-likeness (QED) is 0.457. The highest BCUT2D eigenvalue weighted by molar-refractivity contribution is 5.97. The Bertz CT molecular complexity index is 1200. The fraction of sp³-hybridized carbons (Fsp3) is 0.318. The number of nitrogens with zero attached hydrogens (tertiary/aromatic N) is 6. The number of hydrogen-bond donors (Lipinski definition) is 2. The molecule has 1 amide bonds. The largest absolute Gasteiger partial charge is 0.354 e. The zero-order chi connectivity index (χ0) is 21.2. The molecular weight excluding hydrogens is 392 g/mol. The van der Waals surface area contributed by atoms with Gasteiger partial charge in [-0.15, -0.1) is 0 Å². The highest BCUT2D eigenvalue weighted by Gasteiger charge is 2.31. The van der Waals surface area contributed by atoms with Gasteiger partial charge in [-0.25, -0.2) is 9.67 Å². The molecule has 0 saturated heterocycles. The molecule has 0 spiro atoms. The fourth-order valence-electron chi connectivity index (χ4n) is 3.53. The average Bonchev–Trinajstić information content (AvgIpc) is 3.32.